The Morgan fingerprint density at radius 1 is 1.06 bits per heavy atom. The van der Waals surface area contributed by atoms with Crippen LogP contribution in [0.3, 0.4) is 0 Å². The molecule has 2 amide bonds. The van der Waals surface area contributed by atoms with Gasteiger partial charge in [0.25, 0.3) is 5.91 Å². The molecule has 33 heavy (non-hydrogen) atoms. The molecule has 3 aromatic carbocycles. The van der Waals surface area contributed by atoms with Gasteiger partial charge in [-0.2, -0.15) is 5.10 Å². The van der Waals surface area contributed by atoms with Crippen LogP contribution in [0.2, 0.25) is 10.0 Å². The van der Waals surface area contributed by atoms with E-state index in [1.54, 1.807) is 48.5 Å². The maximum absolute atomic E-state index is 13.6. The lowest BCUT2D eigenvalue weighted by Gasteiger charge is -2.11. The zero-order valence-corrected chi connectivity index (χ0v) is 19.0. The fourth-order valence-electron chi connectivity index (χ4n) is 2.64. The van der Waals surface area contributed by atoms with E-state index in [2.05, 4.69) is 15.8 Å². The lowest BCUT2D eigenvalue weighted by atomic mass is 10.1. The Morgan fingerprint density at radius 3 is 2.48 bits per heavy atom. The highest BCUT2D eigenvalue weighted by atomic mass is 35.5. The first-order valence-corrected chi connectivity index (χ1v) is 10.6. The summed E-state index contributed by atoms with van der Waals surface area (Å²) in [5, 5.41) is 7.32. The molecule has 0 aliphatic heterocycles. The summed E-state index contributed by atoms with van der Waals surface area (Å²) in [7, 11) is 0. The molecule has 3 aromatic rings. The van der Waals surface area contributed by atoms with Crippen LogP contribution in [-0.4, -0.2) is 18.0 Å². The molecule has 0 radical (unpaired) electrons. The number of nitrogens with one attached hydrogen (secondary N) is 2. The minimum atomic E-state index is -1.07. The lowest BCUT2D eigenvalue weighted by molar-refractivity contribution is -0.131. The predicted molar refractivity (Wildman–Crippen MR) is 127 cm³/mol. The highest BCUT2D eigenvalue weighted by molar-refractivity contribution is 6.35. The van der Waals surface area contributed by atoms with Crippen LogP contribution in [0.25, 0.3) is 0 Å². The number of carbonyl (C=O) groups excluding carboxylic acids is 2. The fraction of sp³-hybridized carbons (Fsp3) is 0.125. The molecule has 0 spiro atoms. The van der Waals surface area contributed by atoms with E-state index in [1.165, 1.54) is 31.3 Å². The van der Waals surface area contributed by atoms with Gasteiger partial charge < -0.3 is 10.1 Å². The average Bonchev–Trinajstić information content (AvgIpc) is 2.80. The van der Waals surface area contributed by atoms with Gasteiger partial charge >= 0.3 is 0 Å². The Kier molecular flexibility index (Phi) is 8.40. The number of hydrazone groups is 1. The van der Waals surface area contributed by atoms with Crippen molar-refractivity contribution in [2.24, 2.45) is 11.0 Å². The van der Waals surface area contributed by atoms with Gasteiger partial charge in [-0.25, -0.2) is 9.82 Å². The number of anilines is 1. The maximum Gasteiger partial charge on any atom is 0.252 e. The molecule has 0 aromatic heterocycles. The fourth-order valence-corrected chi connectivity index (χ4v) is 3.10. The summed E-state index contributed by atoms with van der Waals surface area (Å²) in [6.07, 6.45) is 1.43. The summed E-state index contributed by atoms with van der Waals surface area (Å²) >= 11 is 12.0. The number of rotatable bonds is 8. The van der Waals surface area contributed by atoms with Crippen molar-refractivity contribution in [2.45, 2.75) is 13.5 Å². The van der Waals surface area contributed by atoms with E-state index in [9.17, 15) is 14.0 Å². The van der Waals surface area contributed by atoms with E-state index in [-0.39, 0.29) is 12.3 Å². The molecule has 0 saturated carbocycles. The standard InChI is InChI=1S/C24H20Cl2FN3O3/c1-15(23(31)29-22-5-3-2-4-21(22)27)24(32)30-28-13-16-6-10-19(11-7-16)33-14-17-8-9-18(25)12-20(17)26/h2-13,15H,14H2,1H3,(H,29,31)(H,30,32). The molecule has 1 unspecified atom stereocenters. The maximum atomic E-state index is 13.6. The molecular weight excluding hydrogens is 468 g/mol. The van der Waals surface area contributed by atoms with Gasteiger partial charge in [0.1, 0.15) is 24.1 Å². The molecule has 9 heteroatoms. The molecule has 0 fully saturated rings. The zero-order chi connectivity index (χ0) is 23.8. The number of benzene rings is 3. The summed E-state index contributed by atoms with van der Waals surface area (Å²) in [6.45, 7) is 1.69. The summed E-state index contributed by atoms with van der Waals surface area (Å²) < 4.78 is 19.4. The second-order valence-electron chi connectivity index (χ2n) is 7.02. The van der Waals surface area contributed by atoms with Crippen molar-refractivity contribution in [1.29, 1.82) is 0 Å². The summed E-state index contributed by atoms with van der Waals surface area (Å²) in [6, 6.07) is 17.9. The third kappa shape index (κ3) is 7.03. The highest BCUT2D eigenvalue weighted by Crippen LogP contribution is 2.23. The van der Waals surface area contributed by atoms with E-state index >= 15 is 0 Å². The van der Waals surface area contributed by atoms with Crippen molar-refractivity contribution in [3.63, 3.8) is 0 Å². The molecule has 0 heterocycles. The van der Waals surface area contributed by atoms with Crippen LogP contribution >= 0.6 is 23.2 Å². The van der Waals surface area contributed by atoms with Gasteiger partial charge in [-0.3, -0.25) is 9.59 Å². The molecule has 3 rings (SSSR count). The Labute approximate surface area is 200 Å². The lowest BCUT2D eigenvalue weighted by Crippen LogP contribution is -2.34. The van der Waals surface area contributed by atoms with Gasteiger partial charge in [0.05, 0.1) is 11.9 Å². The Morgan fingerprint density at radius 2 is 1.79 bits per heavy atom. The van der Waals surface area contributed by atoms with E-state index in [0.717, 1.165) is 5.56 Å². The largest absolute Gasteiger partial charge is 0.489 e. The molecule has 170 valence electrons. The van der Waals surface area contributed by atoms with Gasteiger partial charge in [0.15, 0.2) is 0 Å². The monoisotopic (exact) mass is 487 g/mol. The summed E-state index contributed by atoms with van der Waals surface area (Å²) in [5.74, 6) is -2.30. The molecule has 0 bridgehead atoms. The SMILES string of the molecule is CC(C(=O)NN=Cc1ccc(OCc2ccc(Cl)cc2Cl)cc1)C(=O)Nc1ccccc1F. The third-order valence-electron chi connectivity index (χ3n) is 4.60. The van der Waals surface area contributed by atoms with Crippen LogP contribution in [0, 0.1) is 11.7 Å². The minimum Gasteiger partial charge on any atom is -0.489 e. The molecule has 0 aliphatic rings. The topological polar surface area (TPSA) is 79.8 Å². The summed E-state index contributed by atoms with van der Waals surface area (Å²) in [5.41, 5.74) is 3.82. The van der Waals surface area contributed by atoms with E-state index in [1.807, 2.05) is 0 Å². The second kappa shape index (κ2) is 11.4. The Bertz CT molecular complexity index is 1170. The molecular formula is C24H20Cl2FN3O3. The van der Waals surface area contributed by atoms with E-state index in [4.69, 9.17) is 27.9 Å². The number of halogens is 3. The predicted octanol–water partition coefficient (Wildman–Crippen LogP) is 5.44. The smallest absolute Gasteiger partial charge is 0.252 e. The molecule has 6 nitrogen and oxygen atoms in total. The molecule has 0 saturated heterocycles. The first kappa shape index (κ1) is 24.2. The number of hydrogen-bond acceptors (Lipinski definition) is 4. The van der Waals surface area contributed by atoms with Crippen LogP contribution in [0.1, 0.15) is 18.1 Å². The van der Waals surface area contributed by atoms with Crippen molar-refractivity contribution < 1.29 is 18.7 Å². The highest BCUT2D eigenvalue weighted by Gasteiger charge is 2.22. The van der Waals surface area contributed by atoms with Gasteiger partial charge in [0, 0.05) is 15.6 Å². The van der Waals surface area contributed by atoms with Crippen LogP contribution in [-0.2, 0) is 16.2 Å². The summed E-state index contributed by atoms with van der Waals surface area (Å²) in [4.78, 5) is 24.3. The van der Waals surface area contributed by atoms with Gasteiger partial charge in [-0.1, -0.05) is 41.4 Å². The van der Waals surface area contributed by atoms with Crippen LogP contribution in [0.5, 0.6) is 5.75 Å². The molecule has 0 aliphatic carbocycles. The Hall–Kier alpha value is -3.42. The quantitative estimate of drug-likeness (QED) is 0.252. The number of nitrogens with zero attached hydrogens (tertiary/aromatic N) is 1. The first-order chi connectivity index (χ1) is 15.8. The van der Waals surface area contributed by atoms with E-state index < -0.39 is 23.5 Å². The van der Waals surface area contributed by atoms with Gasteiger partial charge in [-0.05, 0) is 61.0 Å². The molecule has 2 N–H and O–H groups in total. The first-order valence-electron chi connectivity index (χ1n) is 9.88. The van der Waals surface area contributed by atoms with Crippen LogP contribution < -0.4 is 15.5 Å². The zero-order valence-electron chi connectivity index (χ0n) is 17.5. The number of hydrogen-bond donors (Lipinski definition) is 2. The number of ether oxygens (including phenoxy) is 1. The van der Waals surface area contributed by atoms with Crippen LogP contribution in [0.4, 0.5) is 10.1 Å². The molecule has 1 atom stereocenters. The average molecular weight is 488 g/mol. The van der Waals surface area contributed by atoms with Gasteiger partial charge in [-0.15, -0.1) is 0 Å². The van der Waals surface area contributed by atoms with E-state index in [0.29, 0.717) is 21.4 Å². The second-order valence-corrected chi connectivity index (χ2v) is 7.86. The minimum absolute atomic E-state index is 0.00583. The third-order valence-corrected chi connectivity index (χ3v) is 5.18. The van der Waals surface area contributed by atoms with Crippen molar-refractivity contribution in [1.82, 2.24) is 5.43 Å². The van der Waals surface area contributed by atoms with Crippen molar-refractivity contribution >= 4 is 46.9 Å². The van der Waals surface area contributed by atoms with Crippen molar-refractivity contribution in [2.75, 3.05) is 5.32 Å². The van der Waals surface area contributed by atoms with Crippen LogP contribution in [0.15, 0.2) is 71.8 Å². The normalized spacial score (nSPS) is 11.8. The Balaban J connectivity index is 1.48. The number of para-hydroxylation sites is 1. The number of carbonyl (C=O) groups is 2. The number of amides is 2. The van der Waals surface area contributed by atoms with Gasteiger partial charge in [0.2, 0.25) is 5.91 Å². The van der Waals surface area contributed by atoms with Crippen molar-refractivity contribution in [3.8, 4) is 5.75 Å². The van der Waals surface area contributed by atoms with Crippen molar-refractivity contribution in [3.05, 3.63) is 93.7 Å².